The van der Waals surface area contributed by atoms with Gasteiger partial charge >= 0.3 is 0 Å². The molecule has 1 saturated heterocycles. The first kappa shape index (κ1) is 21.5. The van der Waals surface area contributed by atoms with Crippen molar-refractivity contribution in [3.63, 3.8) is 0 Å². The number of ether oxygens (including phenoxy) is 3. The Labute approximate surface area is 176 Å². The number of anilines is 1. The maximum absolute atomic E-state index is 9.72. The third-order valence-corrected chi connectivity index (χ3v) is 5.21. The number of hydrogen-bond donors (Lipinski definition) is 2. The second-order valence-electron chi connectivity index (χ2n) is 7.01. The predicted octanol–water partition coefficient (Wildman–Crippen LogP) is 2.51. The number of aromatic nitrogens is 1. The van der Waals surface area contributed by atoms with Crippen molar-refractivity contribution in [3.8, 4) is 17.4 Å². The summed E-state index contributed by atoms with van der Waals surface area (Å²) in [5, 5.41) is 9.72. The van der Waals surface area contributed by atoms with Crippen LogP contribution in [0.3, 0.4) is 0 Å². The lowest BCUT2D eigenvalue weighted by Gasteiger charge is -2.37. The molecule has 1 aliphatic rings. The Kier molecular flexibility index (Phi) is 6.83. The molecule has 0 atom stereocenters. The highest BCUT2D eigenvalue weighted by molar-refractivity contribution is 5.83. The second-order valence-corrected chi connectivity index (χ2v) is 7.01. The Bertz CT molecular complexity index is 888. The number of aryl methyl sites for hydroxylation is 2. The number of piperazine rings is 1. The number of rotatable bonds is 5. The van der Waals surface area contributed by atoms with Crippen LogP contribution in [0.5, 0.6) is 17.4 Å². The van der Waals surface area contributed by atoms with E-state index in [4.69, 9.17) is 14.2 Å². The summed E-state index contributed by atoms with van der Waals surface area (Å²) >= 11 is 0. The van der Waals surface area contributed by atoms with E-state index in [0.29, 0.717) is 30.6 Å². The molecule has 9 nitrogen and oxygen atoms in total. The monoisotopic (exact) mass is 415 g/mol. The number of nitrogens with zero attached hydrogens (tertiary/aromatic N) is 4. The van der Waals surface area contributed by atoms with Crippen molar-refractivity contribution in [1.82, 2.24) is 15.4 Å². The fraction of sp³-hybridized carbons (Fsp3) is 0.429. The summed E-state index contributed by atoms with van der Waals surface area (Å²) in [5.41, 5.74) is 5.71. The zero-order chi connectivity index (χ0) is 21.7. The quantitative estimate of drug-likeness (QED) is 0.437. The molecule has 0 bridgehead atoms. The van der Waals surface area contributed by atoms with Gasteiger partial charge in [-0.15, -0.1) is 0 Å². The molecule has 1 fully saturated rings. The van der Waals surface area contributed by atoms with E-state index in [-0.39, 0.29) is 0 Å². The van der Waals surface area contributed by atoms with Crippen LogP contribution in [0, 0.1) is 13.8 Å². The van der Waals surface area contributed by atoms with E-state index < -0.39 is 0 Å². The standard InChI is InChI=1S/C21H29N5O4/c1-14-10-19(20(30-5)22-15(14)2)23-21(24-27)26-8-6-25(7-9-26)16-11-17(28-3)13-18(12-16)29-4/h10-13,27H,6-9H2,1-5H3,(H,23,24). The first-order valence-electron chi connectivity index (χ1n) is 9.73. The zero-order valence-electron chi connectivity index (χ0n) is 18.1. The number of hydroxylamine groups is 1. The largest absolute Gasteiger partial charge is 0.497 e. The molecule has 0 unspecified atom stereocenters. The van der Waals surface area contributed by atoms with Crippen LogP contribution >= 0.6 is 0 Å². The molecule has 3 rings (SSSR count). The Morgan fingerprint density at radius 2 is 1.60 bits per heavy atom. The number of pyridine rings is 1. The zero-order valence-corrected chi connectivity index (χ0v) is 18.1. The van der Waals surface area contributed by atoms with Crippen LogP contribution in [0.2, 0.25) is 0 Å². The van der Waals surface area contributed by atoms with Gasteiger partial charge in [0.2, 0.25) is 11.8 Å². The molecule has 9 heteroatoms. The van der Waals surface area contributed by atoms with Gasteiger partial charge in [-0.1, -0.05) is 0 Å². The molecule has 2 heterocycles. The molecule has 1 aliphatic heterocycles. The van der Waals surface area contributed by atoms with E-state index in [1.54, 1.807) is 21.3 Å². The predicted molar refractivity (Wildman–Crippen MR) is 116 cm³/mol. The fourth-order valence-electron chi connectivity index (χ4n) is 3.33. The summed E-state index contributed by atoms with van der Waals surface area (Å²) < 4.78 is 16.1. The fourth-order valence-corrected chi connectivity index (χ4v) is 3.33. The minimum atomic E-state index is 0.362. The van der Waals surface area contributed by atoms with E-state index in [0.717, 1.165) is 41.5 Å². The molecular weight excluding hydrogens is 386 g/mol. The summed E-state index contributed by atoms with van der Waals surface area (Å²) in [6.07, 6.45) is 0. The van der Waals surface area contributed by atoms with Crippen LogP contribution in [0.25, 0.3) is 0 Å². The van der Waals surface area contributed by atoms with Crippen molar-refractivity contribution in [1.29, 1.82) is 0 Å². The smallest absolute Gasteiger partial charge is 0.240 e. The number of benzene rings is 1. The number of aliphatic imine (C=N–C) groups is 1. The first-order chi connectivity index (χ1) is 14.5. The average Bonchev–Trinajstić information content (AvgIpc) is 2.79. The molecule has 0 spiro atoms. The molecule has 0 aliphatic carbocycles. The van der Waals surface area contributed by atoms with Crippen molar-refractivity contribution in [2.75, 3.05) is 52.4 Å². The molecule has 2 N–H and O–H groups in total. The minimum Gasteiger partial charge on any atom is -0.497 e. The van der Waals surface area contributed by atoms with Crippen molar-refractivity contribution in [2.24, 2.45) is 4.99 Å². The topological polar surface area (TPSA) is 91.7 Å². The molecule has 0 amide bonds. The molecule has 2 aromatic rings. The highest BCUT2D eigenvalue weighted by Crippen LogP contribution is 2.30. The minimum absolute atomic E-state index is 0.362. The van der Waals surface area contributed by atoms with Gasteiger partial charge in [-0.2, -0.15) is 0 Å². The molecule has 0 radical (unpaired) electrons. The average molecular weight is 415 g/mol. The highest BCUT2D eigenvalue weighted by Gasteiger charge is 2.22. The van der Waals surface area contributed by atoms with Crippen LogP contribution in [0.15, 0.2) is 29.3 Å². The van der Waals surface area contributed by atoms with E-state index >= 15 is 0 Å². The van der Waals surface area contributed by atoms with Crippen LogP contribution in [-0.2, 0) is 0 Å². The Hall–Kier alpha value is -3.20. The van der Waals surface area contributed by atoms with Gasteiger partial charge in [-0.05, 0) is 25.5 Å². The summed E-state index contributed by atoms with van der Waals surface area (Å²) in [5.74, 6) is 2.29. The van der Waals surface area contributed by atoms with Crippen molar-refractivity contribution < 1.29 is 19.4 Å². The lowest BCUT2D eigenvalue weighted by atomic mass is 10.2. The molecule has 1 aromatic heterocycles. The maximum atomic E-state index is 9.72. The molecule has 1 aromatic carbocycles. The van der Waals surface area contributed by atoms with Gasteiger partial charge in [-0.3, -0.25) is 5.21 Å². The van der Waals surface area contributed by atoms with Crippen molar-refractivity contribution >= 4 is 17.3 Å². The normalized spacial score (nSPS) is 14.5. The summed E-state index contributed by atoms with van der Waals surface area (Å²) in [4.78, 5) is 13.2. The van der Waals surface area contributed by atoms with Crippen LogP contribution in [0.4, 0.5) is 11.4 Å². The number of nitrogens with one attached hydrogen (secondary N) is 1. The number of methoxy groups -OCH3 is 3. The van der Waals surface area contributed by atoms with Gasteiger partial charge in [0.1, 0.15) is 17.2 Å². The summed E-state index contributed by atoms with van der Waals surface area (Å²) in [6, 6.07) is 7.73. The first-order valence-corrected chi connectivity index (χ1v) is 9.73. The van der Waals surface area contributed by atoms with Crippen LogP contribution in [-0.4, -0.2) is 68.6 Å². The third kappa shape index (κ3) is 4.68. The van der Waals surface area contributed by atoms with Gasteiger partial charge in [-0.25, -0.2) is 15.5 Å². The highest BCUT2D eigenvalue weighted by atomic mass is 16.5. The molecular formula is C21H29N5O4. The van der Waals surface area contributed by atoms with Crippen LogP contribution in [0.1, 0.15) is 11.3 Å². The van der Waals surface area contributed by atoms with Gasteiger partial charge < -0.3 is 24.0 Å². The van der Waals surface area contributed by atoms with Crippen molar-refractivity contribution in [2.45, 2.75) is 13.8 Å². The Morgan fingerprint density at radius 3 is 2.13 bits per heavy atom. The van der Waals surface area contributed by atoms with E-state index in [2.05, 4.69) is 20.4 Å². The summed E-state index contributed by atoms with van der Waals surface area (Å²) in [6.45, 7) is 6.73. The third-order valence-electron chi connectivity index (χ3n) is 5.21. The van der Waals surface area contributed by atoms with Gasteiger partial charge in [0.25, 0.3) is 0 Å². The van der Waals surface area contributed by atoms with Gasteiger partial charge in [0, 0.05) is 55.8 Å². The van der Waals surface area contributed by atoms with E-state index in [1.165, 1.54) is 0 Å². The van der Waals surface area contributed by atoms with Gasteiger partial charge in [0.15, 0.2) is 0 Å². The summed E-state index contributed by atoms with van der Waals surface area (Å²) in [7, 11) is 4.84. The molecule has 30 heavy (non-hydrogen) atoms. The molecule has 0 saturated carbocycles. The van der Waals surface area contributed by atoms with Gasteiger partial charge in [0.05, 0.1) is 21.3 Å². The molecule has 162 valence electrons. The van der Waals surface area contributed by atoms with Crippen LogP contribution < -0.4 is 24.6 Å². The lowest BCUT2D eigenvalue weighted by molar-refractivity contribution is 0.207. The van der Waals surface area contributed by atoms with E-state index in [1.807, 2.05) is 43.0 Å². The van der Waals surface area contributed by atoms with Crippen molar-refractivity contribution in [3.05, 3.63) is 35.5 Å². The Balaban J connectivity index is 1.77. The SMILES string of the molecule is COc1cc(OC)cc(N2CCN(C(=Nc3cc(C)c(C)nc3OC)NO)CC2)c1. The maximum Gasteiger partial charge on any atom is 0.240 e. The number of hydrogen-bond acceptors (Lipinski definition) is 7. The number of guanidine groups is 1. The second kappa shape index (κ2) is 9.53. The lowest BCUT2D eigenvalue weighted by Crippen LogP contribution is -2.52. The van der Waals surface area contributed by atoms with E-state index in [9.17, 15) is 5.21 Å². The Morgan fingerprint density at radius 1 is 0.967 bits per heavy atom.